The molecule has 2 fully saturated rings. The van der Waals surface area contributed by atoms with Crippen molar-refractivity contribution in [2.45, 2.75) is 45.3 Å². The molecule has 0 amide bonds. The van der Waals surface area contributed by atoms with Crippen molar-refractivity contribution in [3.63, 3.8) is 0 Å². The van der Waals surface area contributed by atoms with E-state index >= 15 is 0 Å². The molecule has 23 heavy (non-hydrogen) atoms. The molecular weight excluding hydrogens is 288 g/mol. The second-order valence-electron chi connectivity index (χ2n) is 7.05. The first kappa shape index (κ1) is 14.9. The van der Waals surface area contributed by atoms with E-state index < -0.39 is 0 Å². The van der Waals surface area contributed by atoms with Gasteiger partial charge in [-0.15, -0.1) is 0 Å². The minimum Gasteiger partial charge on any atom is -0.464 e. The summed E-state index contributed by atoms with van der Waals surface area (Å²) < 4.78 is 5.70. The Morgan fingerprint density at radius 1 is 1.26 bits per heavy atom. The summed E-state index contributed by atoms with van der Waals surface area (Å²) in [6.45, 7) is 8.38. The van der Waals surface area contributed by atoms with E-state index in [1.165, 1.54) is 19.4 Å². The predicted octanol–water partition coefficient (Wildman–Crippen LogP) is 2.77. The third-order valence-electron chi connectivity index (χ3n) is 5.59. The molecule has 2 atom stereocenters. The van der Waals surface area contributed by atoms with Crippen LogP contribution in [0.3, 0.4) is 0 Å². The van der Waals surface area contributed by atoms with Crippen molar-refractivity contribution in [3.8, 4) is 0 Å². The summed E-state index contributed by atoms with van der Waals surface area (Å²) in [7, 11) is 0. The summed E-state index contributed by atoms with van der Waals surface area (Å²) in [5.74, 6) is 0. The zero-order valence-electron chi connectivity index (χ0n) is 13.9. The Morgan fingerprint density at radius 2 is 2.13 bits per heavy atom. The number of rotatable bonds is 2. The lowest BCUT2D eigenvalue weighted by Gasteiger charge is -2.43. The van der Waals surface area contributed by atoms with Gasteiger partial charge in [-0.1, -0.05) is 11.6 Å². The first-order valence-corrected chi connectivity index (χ1v) is 8.62. The van der Waals surface area contributed by atoms with Crippen LogP contribution < -0.4 is 5.43 Å². The molecule has 0 N–H and O–H groups in total. The summed E-state index contributed by atoms with van der Waals surface area (Å²) in [4.78, 5) is 17.8. The molecule has 1 aromatic heterocycles. The standard InChI is InChI=1S/C19H24N2O2/c1-13-5-6-18-16(10-13)19(22)15(12-23-18)11-21-9-8-20-7-3-4-17(20)14(21)2/h5-6,10,12,14,17H,3-4,7-9,11H2,1-2H3. The smallest absolute Gasteiger partial charge is 0.197 e. The Balaban J connectivity index is 1.62. The average Bonchev–Trinajstić information content (AvgIpc) is 3.02. The first-order valence-electron chi connectivity index (χ1n) is 8.62. The van der Waals surface area contributed by atoms with Crippen LogP contribution >= 0.6 is 0 Å². The molecule has 0 bridgehead atoms. The van der Waals surface area contributed by atoms with Gasteiger partial charge in [-0.2, -0.15) is 0 Å². The van der Waals surface area contributed by atoms with Crippen LogP contribution in [-0.2, 0) is 6.54 Å². The molecule has 4 heteroatoms. The van der Waals surface area contributed by atoms with Crippen LogP contribution in [0.1, 0.15) is 30.9 Å². The van der Waals surface area contributed by atoms with E-state index in [4.69, 9.17) is 4.42 Å². The maximum atomic E-state index is 12.8. The van der Waals surface area contributed by atoms with Gasteiger partial charge in [0.2, 0.25) is 0 Å². The highest BCUT2D eigenvalue weighted by molar-refractivity contribution is 5.77. The van der Waals surface area contributed by atoms with E-state index in [9.17, 15) is 4.79 Å². The summed E-state index contributed by atoms with van der Waals surface area (Å²) >= 11 is 0. The number of fused-ring (bicyclic) bond motifs is 2. The second kappa shape index (κ2) is 5.77. The first-order chi connectivity index (χ1) is 11.1. The molecule has 2 aliphatic rings. The molecule has 2 aromatic rings. The van der Waals surface area contributed by atoms with E-state index in [1.54, 1.807) is 6.26 Å². The molecular formula is C19H24N2O2. The van der Waals surface area contributed by atoms with Crippen LogP contribution in [0.4, 0.5) is 0 Å². The van der Waals surface area contributed by atoms with Crippen molar-refractivity contribution in [3.05, 3.63) is 45.8 Å². The average molecular weight is 312 g/mol. The van der Waals surface area contributed by atoms with Gasteiger partial charge >= 0.3 is 0 Å². The van der Waals surface area contributed by atoms with E-state index in [0.29, 0.717) is 29.6 Å². The number of benzene rings is 1. The Kier molecular flexibility index (Phi) is 3.74. The molecule has 122 valence electrons. The van der Waals surface area contributed by atoms with Crippen molar-refractivity contribution in [1.29, 1.82) is 0 Å². The van der Waals surface area contributed by atoms with Crippen molar-refractivity contribution < 1.29 is 4.42 Å². The summed E-state index contributed by atoms with van der Waals surface area (Å²) in [5.41, 5.74) is 2.67. The summed E-state index contributed by atoms with van der Waals surface area (Å²) in [5, 5.41) is 0.703. The van der Waals surface area contributed by atoms with Gasteiger partial charge in [0, 0.05) is 37.3 Å². The molecule has 0 aliphatic carbocycles. The topological polar surface area (TPSA) is 36.7 Å². The minimum absolute atomic E-state index is 0.121. The monoisotopic (exact) mass is 312 g/mol. The van der Waals surface area contributed by atoms with Crippen LogP contribution in [0.15, 0.2) is 33.7 Å². The minimum atomic E-state index is 0.121. The van der Waals surface area contributed by atoms with Gasteiger partial charge in [0.25, 0.3) is 0 Å². The maximum Gasteiger partial charge on any atom is 0.197 e. The van der Waals surface area contributed by atoms with Gasteiger partial charge in [-0.25, -0.2) is 0 Å². The molecule has 4 rings (SSSR count). The summed E-state index contributed by atoms with van der Waals surface area (Å²) in [6.07, 6.45) is 4.25. The highest BCUT2D eigenvalue weighted by atomic mass is 16.3. The lowest BCUT2D eigenvalue weighted by molar-refractivity contribution is 0.0465. The van der Waals surface area contributed by atoms with Crippen molar-refractivity contribution in [1.82, 2.24) is 9.80 Å². The van der Waals surface area contributed by atoms with Crippen LogP contribution in [0, 0.1) is 6.92 Å². The Labute approximate surface area is 136 Å². The van der Waals surface area contributed by atoms with Crippen molar-refractivity contribution in [2.24, 2.45) is 0 Å². The maximum absolute atomic E-state index is 12.8. The quantitative estimate of drug-likeness (QED) is 0.854. The van der Waals surface area contributed by atoms with E-state index in [2.05, 4.69) is 16.7 Å². The molecule has 2 aliphatic heterocycles. The van der Waals surface area contributed by atoms with Crippen LogP contribution in [-0.4, -0.2) is 41.5 Å². The highest BCUT2D eigenvalue weighted by Crippen LogP contribution is 2.27. The number of hydrogen-bond donors (Lipinski definition) is 0. The van der Waals surface area contributed by atoms with E-state index in [-0.39, 0.29) is 5.43 Å². The highest BCUT2D eigenvalue weighted by Gasteiger charge is 2.36. The Morgan fingerprint density at radius 3 is 3.00 bits per heavy atom. The van der Waals surface area contributed by atoms with Crippen LogP contribution in [0.5, 0.6) is 0 Å². The third kappa shape index (κ3) is 2.60. The van der Waals surface area contributed by atoms with E-state index in [0.717, 1.165) is 24.2 Å². The lowest BCUT2D eigenvalue weighted by atomic mass is 10.0. The summed E-state index contributed by atoms with van der Waals surface area (Å²) in [6, 6.07) is 6.95. The molecule has 0 spiro atoms. The molecule has 2 saturated heterocycles. The fourth-order valence-corrected chi connectivity index (χ4v) is 4.22. The number of aryl methyl sites for hydroxylation is 1. The zero-order valence-corrected chi connectivity index (χ0v) is 13.9. The molecule has 0 radical (unpaired) electrons. The second-order valence-corrected chi connectivity index (χ2v) is 7.05. The fraction of sp³-hybridized carbons (Fsp3) is 0.526. The normalized spacial score (nSPS) is 25.8. The molecule has 2 unspecified atom stereocenters. The van der Waals surface area contributed by atoms with Crippen molar-refractivity contribution in [2.75, 3.05) is 19.6 Å². The van der Waals surface area contributed by atoms with Crippen molar-refractivity contribution >= 4 is 11.0 Å². The van der Waals surface area contributed by atoms with Crippen LogP contribution in [0.2, 0.25) is 0 Å². The fourth-order valence-electron chi connectivity index (χ4n) is 4.22. The van der Waals surface area contributed by atoms with Gasteiger partial charge in [0.05, 0.1) is 11.6 Å². The predicted molar refractivity (Wildman–Crippen MR) is 91.7 cm³/mol. The van der Waals surface area contributed by atoms with Gasteiger partial charge in [0.15, 0.2) is 5.43 Å². The SMILES string of the molecule is Cc1ccc2occ(CN3CCN4CCCC4C3C)c(=O)c2c1. The van der Waals surface area contributed by atoms with Gasteiger partial charge in [-0.3, -0.25) is 14.6 Å². The molecule has 0 saturated carbocycles. The largest absolute Gasteiger partial charge is 0.464 e. The molecule has 1 aromatic carbocycles. The van der Waals surface area contributed by atoms with Crippen LogP contribution in [0.25, 0.3) is 11.0 Å². The van der Waals surface area contributed by atoms with Gasteiger partial charge in [-0.05, 0) is 45.4 Å². The number of hydrogen-bond acceptors (Lipinski definition) is 4. The van der Waals surface area contributed by atoms with Gasteiger partial charge < -0.3 is 4.42 Å². The molecule has 4 nitrogen and oxygen atoms in total. The zero-order chi connectivity index (χ0) is 16.0. The Bertz CT molecular complexity index is 783. The van der Waals surface area contributed by atoms with E-state index in [1.807, 2.05) is 25.1 Å². The third-order valence-corrected chi connectivity index (χ3v) is 5.59. The lowest BCUT2D eigenvalue weighted by Crippen LogP contribution is -2.55. The number of piperazine rings is 1. The van der Waals surface area contributed by atoms with Gasteiger partial charge in [0.1, 0.15) is 5.58 Å². The number of nitrogens with zero attached hydrogens (tertiary/aromatic N) is 2. The molecule has 3 heterocycles. The Hall–Kier alpha value is -1.65.